The van der Waals surface area contributed by atoms with Crippen LogP contribution >= 0.6 is 0 Å². The average Bonchev–Trinajstić information content (AvgIpc) is 2.92. The topological polar surface area (TPSA) is 95.9 Å². The first-order valence-electron chi connectivity index (χ1n) is 7.41. The lowest BCUT2D eigenvalue weighted by Crippen LogP contribution is -2.46. The Kier molecular flexibility index (Phi) is 5.38. The normalized spacial score (nSPS) is 17.7. The van der Waals surface area contributed by atoms with Crippen LogP contribution in [0.3, 0.4) is 0 Å². The lowest BCUT2D eigenvalue weighted by molar-refractivity contribution is -0.141. The smallest absolute Gasteiger partial charge is 0.408 e. The van der Waals surface area contributed by atoms with Crippen molar-refractivity contribution >= 4 is 12.1 Å². The zero-order valence-corrected chi connectivity index (χ0v) is 12.3. The van der Waals surface area contributed by atoms with Crippen LogP contribution in [-0.4, -0.2) is 33.9 Å². The predicted octanol–water partition coefficient (Wildman–Crippen LogP) is 2.06. The Morgan fingerprint density at radius 3 is 2.45 bits per heavy atom. The highest BCUT2D eigenvalue weighted by Crippen LogP contribution is 2.33. The third kappa shape index (κ3) is 4.73. The summed E-state index contributed by atoms with van der Waals surface area (Å²) < 4.78 is 5.01. The van der Waals surface area contributed by atoms with Crippen molar-refractivity contribution in [2.45, 2.75) is 50.4 Å². The molecular formula is C16H21NO5. The fourth-order valence-electron chi connectivity index (χ4n) is 2.72. The summed E-state index contributed by atoms with van der Waals surface area (Å²) in [6.07, 6.45) is 2.10. The molecule has 0 bridgehead atoms. The van der Waals surface area contributed by atoms with E-state index >= 15 is 0 Å². The van der Waals surface area contributed by atoms with Gasteiger partial charge in [-0.1, -0.05) is 43.2 Å². The maximum absolute atomic E-state index is 11.7. The average molecular weight is 307 g/mol. The van der Waals surface area contributed by atoms with Crippen molar-refractivity contribution in [3.05, 3.63) is 35.9 Å². The monoisotopic (exact) mass is 307 g/mol. The Morgan fingerprint density at radius 1 is 1.23 bits per heavy atom. The molecule has 1 aromatic rings. The third-order valence-electron chi connectivity index (χ3n) is 3.92. The Morgan fingerprint density at radius 2 is 1.86 bits per heavy atom. The van der Waals surface area contributed by atoms with E-state index in [-0.39, 0.29) is 13.0 Å². The number of carbonyl (C=O) groups excluding carboxylic acids is 1. The van der Waals surface area contributed by atoms with Crippen molar-refractivity contribution in [1.29, 1.82) is 0 Å². The molecule has 0 spiro atoms. The lowest BCUT2D eigenvalue weighted by atomic mass is 9.93. The first-order valence-corrected chi connectivity index (χ1v) is 7.41. The Balaban J connectivity index is 1.85. The van der Waals surface area contributed by atoms with Crippen molar-refractivity contribution in [2.75, 3.05) is 0 Å². The molecule has 0 aliphatic heterocycles. The number of nitrogens with one attached hydrogen (secondary N) is 1. The van der Waals surface area contributed by atoms with Crippen molar-refractivity contribution in [3.63, 3.8) is 0 Å². The SMILES string of the molecule is O=C(NC(CC1(O)CCCC1)C(=O)O)OCc1ccccc1. The summed E-state index contributed by atoms with van der Waals surface area (Å²) in [5.74, 6) is -1.17. The predicted molar refractivity (Wildman–Crippen MR) is 79.2 cm³/mol. The van der Waals surface area contributed by atoms with Gasteiger partial charge in [0.2, 0.25) is 0 Å². The summed E-state index contributed by atoms with van der Waals surface area (Å²) >= 11 is 0. The number of hydrogen-bond acceptors (Lipinski definition) is 4. The fourth-order valence-corrected chi connectivity index (χ4v) is 2.72. The standard InChI is InChI=1S/C16H21NO5/c18-14(19)13(10-16(21)8-4-5-9-16)17-15(20)22-11-12-6-2-1-3-7-12/h1-3,6-7,13,21H,4-5,8-11H2,(H,17,20)(H,18,19). The highest BCUT2D eigenvalue weighted by molar-refractivity contribution is 5.80. The first-order chi connectivity index (χ1) is 10.5. The molecule has 0 aromatic heterocycles. The quantitative estimate of drug-likeness (QED) is 0.747. The van der Waals surface area contributed by atoms with Gasteiger partial charge in [0.25, 0.3) is 0 Å². The van der Waals surface area contributed by atoms with Crippen LogP contribution in [-0.2, 0) is 16.1 Å². The van der Waals surface area contributed by atoms with Gasteiger partial charge in [0.05, 0.1) is 5.60 Å². The van der Waals surface area contributed by atoms with Crippen LogP contribution in [0.15, 0.2) is 30.3 Å². The number of ether oxygens (including phenoxy) is 1. The van der Waals surface area contributed by atoms with E-state index in [9.17, 15) is 19.8 Å². The minimum atomic E-state index is -1.17. The highest BCUT2D eigenvalue weighted by Gasteiger charge is 2.37. The van der Waals surface area contributed by atoms with E-state index in [1.807, 2.05) is 30.3 Å². The number of carbonyl (C=O) groups is 2. The van der Waals surface area contributed by atoms with Crippen molar-refractivity contribution < 1.29 is 24.5 Å². The van der Waals surface area contributed by atoms with Crippen LogP contribution in [0.25, 0.3) is 0 Å². The number of rotatable bonds is 6. The number of alkyl carbamates (subject to hydrolysis) is 1. The van der Waals surface area contributed by atoms with Crippen LogP contribution in [0.2, 0.25) is 0 Å². The zero-order chi connectivity index (χ0) is 16.0. The molecule has 1 unspecified atom stereocenters. The van der Waals surface area contributed by atoms with Crippen molar-refractivity contribution in [2.24, 2.45) is 0 Å². The van der Waals surface area contributed by atoms with E-state index in [1.54, 1.807) is 0 Å². The van der Waals surface area contributed by atoms with E-state index in [2.05, 4.69) is 5.32 Å². The second-order valence-electron chi connectivity index (χ2n) is 5.73. The number of aliphatic carboxylic acids is 1. The summed E-state index contributed by atoms with van der Waals surface area (Å²) in [7, 11) is 0. The minimum absolute atomic E-state index is 0.00275. The molecule has 3 N–H and O–H groups in total. The van der Waals surface area contributed by atoms with Gasteiger partial charge in [0.1, 0.15) is 12.6 Å². The Labute approximate surface area is 129 Å². The number of aliphatic hydroxyl groups is 1. The van der Waals surface area contributed by atoms with Gasteiger partial charge in [0.15, 0.2) is 0 Å². The van der Waals surface area contributed by atoms with Crippen LogP contribution in [0, 0.1) is 0 Å². The van der Waals surface area contributed by atoms with E-state index < -0.39 is 23.7 Å². The van der Waals surface area contributed by atoms with Crippen molar-refractivity contribution in [1.82, 2.24) is 5.32 Å². The lowest BCUT2D eigenvalue weighted by Gasteiger charge is -2.26. The molecule has 6 nitrogen and oxygen atoms in total. The first kappa shape index (κ1) is 16.3. The molecular weight excluding hydrogens is 286 g/mol. The Hall–Kier alpha value is -2.08. The van der Waals surface area contributed by atoms with Gasteiger partial charge in [-0.15, -0.1) is 0 Å². The summed E-state index contributed by atoms with van der Waals surface area (Å²) in [6.45, 7) is 0.0727. The van der Waals surface area contributed by atoms with Gasteiger partial charge in [-0.05, 0) is 18.4 Å². The molecule has 0 radical (unpaired) electrons. The molecule has 0 saturated heterocycles. The minimum Gasteiger partial charge on any atom is -0.480 e. The molecule has 1 aliphatic carbocycles. The van der Waals surface area contributed by atoms with Crippen LogP contribution in [0.5, 0.6) is 0 Å². The molecule has 6 heteroatoms. The van der Waals surface area contributed by atoms with Gasteiger partial charge in [-0.3, -0.25) is 0 Å². The van der Waals surface area contributed by atoms with Gasteiger partial charge < -0.3 is 20.3 Å². The van der Waals surface area contributed by atoms with E-state index in [0.717, 1.165) is 18.4 Å². The largest absolute Gasteiger partial charge is 0.480 e. The summed E-state index contributed by atoms with van der Waals surface area (Å²) in [5, 5.41) is 21.8. The van der Waals surface area contributed by atoms with Crippen LogP contribution in [0.1, 0.15) is 37.7 Å². The maximum Gasteiger partial charge on any atom is 0.408 e. The molecule has 2 rings (SSSR count). The molecule has 0 heterocycles. The van der Waals surface area contributed by atoms with E-state index in [1.165, 1.54) is 0 Å². The second-order valence-corrected chi connectivity index (χ2v) is 5.73. The molecule has 1 saturated carbocycles. The number of hydrogen-bond donors (Lipinski definition) is 3. The molecule has 1 fully saturated rings. The molecule has 1 atom stereocenters. The Bertz CT molecular complexity index is 511. The van der Waals surface area contributed by atoms with E-state index in [4.69, 9.17) is 4.74 Å². The zero-order valence-electron chi connectivity index (χ0n) is 12.3. The molecule has 1 amide bonds. The van der Waals surface area contributed by atoms with Gasteiger partial charge in [-0.2, -0.15) is 0 Å². The third-order valence-corrected chi connectivity index (χ3v) is 3.92. The van der Waals surface area contributed by atoms with Gasteiger partial charge in [0, 0.05) is 6.42 Å². The molecule has 1 aliphatic rings. The van der Waals surface area contributed by atoms with Gasteiger partial charge >= 0.3 is 12.1 Å². The molecule has 22 heavy (non-hydrogen) atoms. The molecule has 120 valence electrons. The molecule has 1 aromatic carbocycles. The maximum atomic E-state index is 11.7. The number of carboxylic acids is 1. The van der Waals surface area contributed by atoms with Crippen molar-refractivity contribution in [3.8, 4) is 0 Å². The summed E-state index contributed by atoms with van der Waals surface area (Å²) in [6, 6.07) is 7.98. The number of carboxylic acid groups (broad SMARTS) is 1. The summed E-state index contributed by atoms with van der Waals surface area (Å²) in [5.41, 5.74) is -0.186. The number of benzene rings is 1. The summed E-state index contributed by atoms with van der Waals surface area (Å²) in [4.78, 5) is 23.0. The fraction of sp³-hybridized carbons (Fsp3) is 0.500. The van der Waals surface area contributed by atoms with Gasteiger partial charge in [-0.25, -0.2) is 9.59 Å². The van der Waals surface area contributed by atoms with Crippen LogP contribution in [0.4, 0.5) is 4.79 Å². The van der Waals surface area contributed by atoms with Crippen LogP contribution < -0.4 is 5.32 Å². The van der Waals surface area contributed by atoms with E-state index in [0.29, 0.717) is 12.8 Å². The highest BCUT2D eigenvalue weighted by atomic mass is 16.5. The number of amides is 1. The second kappa shape index (κ2) is 7.26.